The first kappa shape index (κ1) is 15.1. The third kappa shape index (κ3) is 2.87. The number of carbonyl (C=O) groups is 2. The number of rotatable bonds is 3. The molecule has 1 aliphatic heterocycles. The lowest BCUT2D eigenvalue weighted by Gasteiger charge is -2.16. The van der Waals surface area contributed by atoms with E-state index in [1.54, 1.807) is 24.3 Å². The Morgan fingerprint density at radius 1 is 1.14 bits per heavy atom. The van der Waals surface area contributed by atoms with Crippen LogP contribution in [-0.4, -0.2) is 17.9 Å². The largest absolute Gasteiger partial charge is 0.372 e. The molecule has 1 N–H and O–H groups in total. The number of halogens is 2. The van der Waals surface area contributed by atoms with E-state index in [0.29, 0.717) is 10.7 Å². The maximum Gasteiger partial charge on any atom is 0.256 e. The molecule has 2 aromatic rings. The zero-order valence-corrected chi connectivity index (χ0v) is 13.8. The molecular weight excluding hydrogens is 368 g/mol. The molecule has 6 heteroatoms. The van der Waals surface area contributed by atoms with E-state index in [-0.39, 0.29) is 18.2 Å². The van der Waals surface area contributed by atoms with Gasteiger partial charge >= 0.3 is 0 Å². The molecule has 112 valence electrons. The van der Waals surface area contributed by atoms with Gasteiger partial charge in [-0.2, -0.15) is 0 Å². The molecule has 1 aliphatic rings. The molecule has 1 fully saturated rings. The minimum Gasteiger partial charge on any atom is -0.372 e. The fraction of sp³-hybridized carbons (Fsp3) is 0.125. The van der Waals surface area contributed by atoms with Gasteiger partial charge < -0.3 is 5.32 Å². The van der Waals surface area contributed by atoms with E-state index in [9.17, 15) is 9.59 Å². The third-order valence-electron chi connectivity index (χ3n) is 3.42. The lowest BCUT2D eigenvalue weighted by atomic mass is 10.2. The summed E-state index contributed by atoms with van der Waals surface area (Å²) in [5, 5.41) is 3.60. The lowest BCUT2D eigenvalue weighted by Crippen LogP contribution is -2.34. The van der Waals surface area contributed by atoms with Gasteiger partial charge in [-0.15, -0.1) is 0 Å². The van der Waals surface area contributed by atoms with Crippen molar-refractivity contribution in [2.75, 3.05) is 10.2 Å². The molecule has 1 heterocycles. The summed E-state index contributed by atoms with van der Waals surface area (Å²) in [6.07, 6.45) is 0.118. The summed E-state index contributed by atoms with van der Waals surface area (Å²) in [4.78, 5) is 25.9. The second-order valence-corrected chi connectivity index (χ2v) is 6.22. The van der Waals surface area contributed by atoms with Gasteiger partial charge in [0.1, 0.15) is 6.04 Å². The summed E-state index contributed by atoms with van der Waals surface area (Å²) in [7, 11) is 0. The maximum atomic E-state index is 12.5. The van der Waals surface area contributed by atoms with Crippen LogP contribution in [0.3, 0.4) is 0 Å². The number of amides is 2. The first-order chi connectivity index (χ1) is 10.6. The van der Waals surface area contributed by atoms with Crippen LogP contribution in [0, 0.1) is 0 Å². The van der Waals surface area contributed by atoms with Crippen LogP contribution in [-0.2, 0) is 9.59 Å². The van der Waals surface area contributed by atoms with Crippen LogP contribution in [0.25, 0.3) is 0 Å². The molecular formula is C16H12BrClN2O2. The summed E-state index contributed by atoms with van der Waals surface area (Å²) in [5.74, 6) is -0.514. The fourth-order valence-corrected chi connectivity index (χ4v) is 2.98. The van der Waals surface area contributed by atoms with E-state index in [1.165, 1.54) is 4.90 Å². The highest BCUT2D eigenvalue weighted by Crippen LogP contribution is 2.29. The standard InChI is InChI=1S/C16H12BrClN2O2/c17-12-6-1-2-7-13(12)19-14-9-15(21)20(16(14)22)11-5-3-4-10(18)8-11/h1-8,14,19H,9H2/t14-/m0/s1. The zero-order chi connectivity index (χ0) is 15.7. The lowest BCUT2D eigenvalue weighted by molar-refractivity contribution is -0.121. The van der Waals surface area contributed by atoms with Crippen molar-refractivity contribution in [3.63, 3.8) is 0 Å². The SMILES string of the molecule is O=C1C[C@H](Nc2ccccc2Br)C(=O)N1c1cccc(Cl)c1. The van der Waals surface area contributed by atoms with Gasteiger partial charge in [0.05, 0.1) is 12.1 Å². The van der Waals surface area contributed by atoms with Gasteiger partial charge in [-0.05, 0) is 46.3 Å². The maximum absolute atomic E-state index is 12.5. The van der Waals surface area contributed by atoms with Gasteiger partial charge in [0.2, 0.25) is 5.91 Å². The molecule has 0 aromatic heterocycles. The average Bonchev–Trinajstić information content (AvgIpc) is 2.76. The molecule has 0 spiro atoms. The highest BCUT2D eigenvalue weighted by molar-refractivity contribution is 9.10. The number of hydrogen-bond donors (Lipinski definition) is 1. The minimum atomic E-state index is -0.579. The summed E-state index contributed by atoms with van der Waals surface area (Å²) >= 11 is 9.35. The Morgan fingerprint density at radius 2 is 1.91 bits per heavy atom. The predicted octanol–water partition coefficient (Wildman–Crippen LogP) is 3.85. The van der Waals surface area contributed by atoms with Crippen molar-refractivity contribution in [2.45, 2.75) is 12.5 Å². The number of benzene rings is 2. The van der Waals surface area contributed by atoms with Crippen LogP contribution in [0.4, 0.5) is 11.4 Å². The Hall–Kier alpha value is -1.85. The van der Waals surface area contributed by atoms with Crippen molar-refractivity contribution >= 4 is 50.7 Å². The van der Waals surface area contributed by atoms with Gasteiger partial charge in [0.25, 0.3) is 5.91 Å². The highest BCUT2D eigenvalue weighted by atomic mass is 79.9. The van der Waals surface area contributed by atoms with E-state index in [4.69, 9.17) is 11.6 Å². The summed E-state index contributed by atoms with van der Waals surface area (Å²) in [5.41, 5.74) is 1.28. The van der Waals surface area contributed by atoms with Crippen LogP contribution in [0.1, 0.15) is 6.42 Å². The average molecular weight is 380 g/mol. The van der Waals surface area contributed by atoms with Gasteiger partial charge in [-0.3, -0.25) is 9.59 Å². The molecule has 3 rings (SSSR count). The number of hydrogen-bond acceptors (Lipinski definition) is 3. The number of anilines is 2. The Balaban J connectivity index is 1.84. The van der Waals surface area contributed by atoms with Gasteiger partial charge in [0.15, 0.2) is 0 Å². The molecule has 0 saturated carbocycles. The zero-order valence-electron chi connectivity index (χ0n) is 11.4. The van der Waals surface area contributed by atoms with E-state index >= 15 is 0 Å². The van der Waals surface area contributed by atoms with Crippen LogP contribution in [0.15, 0.2) is 53.0 Å². The Morgan fingerprint density at radius 3 is 2.64 bits per heavy atom. The Kier molecular flexibility index (Phi) is 4.18. The molecule has 2 aromatic carbocycles. The summed E-state index contributed by atoms with van der Waals surface area (Å²) in [6.45, 7) is 0. The number of nitrogens with zero attached hydrogens (tertiary/aromatic N) is 1. The predicted molar refractivity (Wildman–Crippen MR) is 90.1 cm³/mol. The quantitative estimate of drug-likeness (QED) is 0.824. The Labute approximate surface area is 141 Å². The molecule has 2 amide bonds. The van der Waals surface area contributed by atoms with E-state index < -0.39 is 6.04 Å². The molecule has 0 unspecified atom stereocenters. The van der Waals surface area contributed by atoms with Crippen molar-refractivity contribution in [3.05, 3.63) is 58.0 Å². The summed E-state index contributed by atoms with van der Waals surface area (Å²) in [6, 6.07) is 13.6. The van der Waals surface area contributed by atoms with Crippen molar-refractivity contribution in [1.29, 1.82) is 0 Å². The van der Waals surface area contributed by atoms with Gasteiger partial charge in [0, 0.05) is 15.2 Å². The Bertz CT molecular complexity index is 750. The fourth-order valence-electron chi connectivity index (χ4n) is 2.40. The van der Waals surface area contributed by atoms with Crippen LogP contribution in [0.2, 0.25) is 5.02 Å². The normalized spacial score (nSPS) is 17.9. The number of nitrogens with one attached hydrogen (secondary N) is 1. The van der Waals surface area contributed by atoms with Gasteiger partial charge in [-0.1, -0.05) is 29.8 Å². The minimum absolute atomic E-state index is 0.118. The third-order valence-corrected chi connectivity index (χ3v) is 4.34. The van der Waals surface area contributed by atoms with Crippen LogP contribution >= 0.6 is 27.5 Å². The molecule has 4 nitrogen and oxygen atoms in total. The summed E-state index contributed by atoms with van der Waals surface area (Å²) < 4.78 is 0.844. The van der Waals surface area contributed by atoms with Crippen LogP contribution < -0.4 is 10.2 Å². The van der Waals surface area contributed by atoms with E-state index in [1.807, 2.05) is 24.3 Å². The molecule has 1 atom stereocenters. The molecule has 22 heavy (non-hydrogen) atoms. The van der Waals surface area contributed by atoms with E-state index in [0.717, 1.165) is 10.2 Å². The molecule has 0 aliphatic carbocycles. The second kappa shape index (κ2) is 6.10. The number of imide groups is 1. The molecule has 0 radical (unpaired) electrons. The van der Waals surface area contributed by atoms with Crippen molar-refractivity contribution in [2.24, 2.45) is 0 Å². The second-order valence-electron chi connectivity index (χ2n) is 4.93. The van der Waals surface area contributed by atoms with Gasteiger partial charge in [-0.25, -0.2) is 4.90 Å². The number of para-hydroxylation sites is 1. The monoisotopic (exact) mass is 378 g/mol. The smallest absolute Gasteiger partial charge is 0.256 e. The first-order valence-corrected chi connectivity index (χ1v) is 7.87. The highest BCUT2D eigenvalue weighted by Gasteiger charge is 2.39. The molecule has 0 bridgehead atoms. The van der Waals surface area contributed by atoms with Crippen molar-refractivity contribution < 1.29 is 9.59 Å². The van der Waals surface area contributed by atoms with Crippen molar-refractivity contribution in [3.8, 4) is 0 Å². The van der Waals surface area contributed by atoms with Crippen LogP contribution in [0.5, 0.6) is 0 Å². The number of carbonyl (C=O) groups excluding carboxylic acids is 2. The first-order valence-electron chi connectivity index (χ1n) is 6.69. The van der Waals surface area contributed by atoms with E-state index in [2.05, 4.69) is 21.2 Å². The molecule has 1 saturated heterocycles. The van der Waals surface area contributed by atoms with Crippen molar-refractivity contribution in [1.82, 2.24) is 0 Å². The topological polar surface area (TPSA) is 49.4 Å².